The van der Waals surface area contributed by atoms with Gasteiger partial charge in [-0.1, -0.05) is 169 Å². The van der Waals surface area contributed by atoms with Gasteiger partial charge in [-0.05, 0) is 118 Å². The van der Waals surface area contributed by atoms with E-state index in [9.17, 15) is 0 Å². The van der Waals surface area contributed by atoms with Crippen molar-refractivity contribution in [2.75, 3.05) is 0 Å². The first kappa shape index (κ1) is 76.4. The maximum atomic E-state index is 6.63. The molecule has 0 aliphatic carbocycles. The molecular formula is C84H66Cl4K2N12O2Pt2. The predicted molar refractivity (Wildman–Crippen MR) is 429 cm³/mol. The number of rotatable bonds is 12. The maximum Gasteiger partial charge on any atom is 2.00 e. The van der Waals surface area contributed by atoms with Crippen LogP contribution in [0, 0.1) is 12.1 Å². The molecule has 106 heavy (non-hydrogen) atoms. The van der Waals surface area contributed by atoms with Crippen LogP contribution in [-0.2, 0) is 33.0 Å². The summed E-state index contributed by atoms with van der Waals surface area (Å²) in [4.78, 5) is 38.8. The van der Waals surface area contributed by atoms with Gasteiger partial charge in [0.25, 0.3) is 0 Å². The van der Waals surface area contributed by atoms with Gasteiger partial charge in [0, 0.05) is 99.1 Å². The molecule has 8 aromatic carbocycles. The van der Waals surface area contributed by atoms with Crippen molar-refractivity contribution in [2.24, 2.45) is 0 Å². The van der Waals surface area contributed by atoms with Crippen LogP contribution in [0.15, 0.2) is 232 Å². The Morgan fingerprint density at radius 2 is 0.802 bits per heavy atom. The molecule has 0 radical (unpaired) electrons. The van der Waals surface area contributed by atoms with E-state index in [4.69, 9.17) is 77.1 Å². The Hall–Kier alpha value is -6.35. The van der Waals surface area contributed by atoms with Crippen LogP contribution in [0.25, 0.3) is 133 Å². The molecular weight excluding hydrogens is 1820 g/mol. The summed E-state index contributed by atoms with van der Waals surface area (Å²) in [7, 11) is 20.0. The number of benzene rings is 8. The van der Waals surface area contributed by atoms with E-state index in [0.717, 1.165) is 122 Å². The van der Waals surface area contributed by atoms with E-state index in [-0.39, 0.29) is 21.1 Å². The number of imidazole rings is 2. The fourth-order valence-corrected chi connectivity index (χ4v) is 14.5. The van der Waals surface area contributed by atoms with Crippen molar-refractivity contribution in [1.82, 2.24) is 57.8 Å². The summed E-state index contributed by atoms with van der Waals surface area (Å²) in [6.45, 7) is 17.9. The molecule has 0 aliphatic rings. The number of para-hydroxylation sites is 2. The Morgan fingerprint density at radius 3 is 1.35 bits per heavy atom. The zero-order valence-electron chi connectivity index (χ0n) is 59.6. The third-order valence-electron chi connectivity index (χ3n) is 18.9. The number of nitrogens with zero attached hydrogens (tertiary/aromatic N) is 12. The Bertz CT molecular complexity index is 5890. The van der Waals surface area contributed by atoms with Crippen molar-refractivity contribution in [3.05, 3.63) is 266 Å². The van der Waals surface area contributed by atoms with E-state index < -0.39 is 11.9 Å². The molecule has 0 spiro atoms. The number of hydrogen-bond donors (Lipinski definition) is 0. The fourth-order valence-electron chi connectivity index (χ4n) is 14.5. The van der Waals surface area contributed by atoms with E-state index in [1.54, 1.807) is 31.0 Å². The van der Waals surface area contributed by atoms with Gasteiger partial charge < -0.3 is 18.4 Å². The summed E-state index contributed by atoms with van der Waals surface area (Å²) in [5.41, 5.74) is 18.4. The van der Waals surface area contributed by atoms with Crippen molar-refractivity contribution < 1.29 is 42.4 Å². The van der Waals surface area contributed by atoms with Gasteiger partial charge in [-0.2, -0.15) is 6.07 Å². The molecule has 0 aliphatic heterocycles. The quantitative estimate of drug-likeness (QED) is 0.0659. The van der Waals surface area contributed by atoms with Gasteiger partial charge in [-0.15, -0.1) is 23.6 Å². The van der Waals surface area contributed by atoms with Crippen LogP contribution >= 0.6 is 37.7 Å². The van der Waals surface area contributed by atoms with Gasteiger partial charge in [0.15, 0.2) is 5.65 Å². The molecule has 0 unspecified atom stereocenters. The minimum absolute atomic E-state index is 0. The first-order chi connectivity index (χ1) is 50.9. The van der Waals surface area contributed by atoms with Gasteiger partial charge >= 0.3 is 134 Å². The molecule has 0 saturated carbocycles. The number of hydrogen-bond acceptors (Lipinski definition) is 10. The van der Waals surface area contributed by atoms with Crippen molar-refractivity contribution in [1.29, 1.82) is 0 Å². The van der Waals surface area contributed by atoms with Crippen molar-refractivity contribution in [3.63, 3.8) is 0 Å². The Kier molecular flexibility index (Phi) is 23.6. The minimum Gasteiger partial charge on any atom is 2.00 e. The van der Waals surface area contributed by atoms with Crippen molar-refractivity contribution in [3.8, 4) is 57.1 Å². The normalized spacial score (nSPS) is 11.9. The molecule has 18 aromatic rings. The minimum atomic E-state index is -3.06. The number of aromatic nitrogens is 12. The third kappa shape index (κ3) is 14.9. The first-order valence-electron chi connectivity index (χ1n) is 34.9. The van der Waals surface area contributed by atoms with Crippen LogP contribution in [0.5, 0.6) is 23.0 Å². The molecule has 18 rings (SSSR count). The maximum absolute atomic E-state index is 6.63. The van der Waals surface area contributed by atoms with E-state index in [0.29, 0.717) is 40.9 Å². The topological polar surface area (TPSA) is 140 Å². The summed E-state index contributed by atoms with van der Waals surface area (Å²) in [6, 6.07) is 69.4. The molecule has 10 aromatic heterocycles. The molecule has 524 valence electrons. The van der Waals surface area contributed by atoms with E-state index in [2.05, 4.69) is 205 Å². The smallest absolute Gasteiger partial charge is 2.00 e. The van der Waals surface area contributed by atoms with Crippen LogP contribution in [0.2, 0.25) is 0 Å². The Balaban J connectivity index is 0.000000163. The molecule has 0 saturated heterocycles. The zero-order valence-corrected chi connectivity index (χ0v) is 73.4. The van der Waals surface area contributed by atoms with E-state index in [1.165, 1.54) is 102 Å². The monoisotopic (exact) mass is 1880 g/mol. The molecule has 22 heteroatoms. The Morgan fingerprint density at radius 1 is 0.368 bits per heavy atom. The second kappa shape index (κ2) is 32.7. The van der Waals surface area contributed by atoms with Crippen LogP contribution in [0.1, 0.15) is 101 Å². The molecule has 14 nitrogen and oxygen atoms in total. The van der Waals surface area contributed by atoms with Crippen molar-refractivity contribution >= 4 is 200 Å². The second-order valence-corrected chi connectivity index (χ2v) is 46.1. The largest absolute Gasteiger partial charge is 2.00 e. The van der Waals surface area contributed by atoms with Crippen molar-refractivity contribution in [2.45, 2.75) is 79.1 Å². The zero-order chi connectivity index (χ0) is 72.9. The van der Waals surface area contributed by atoms with E-state index >= 15 is 0 Å². The first-order valence-corrected chi connectivity index (χ1v) is 62.1. The average molecular weight is 1890 g/mol. The fraction of sp³-hybridized carbons (Fsp3) is 0.143. The number of fused-ring (bicyclic) bond motifs is 18. The van der Waals surface area contributed by atoms with Gasteiger partial charge in [0.05, 0.1) is 39.8 Å². The summed E-state index contributed by atoms with van der Waals surface area (Å²) in [5.74, 6) is 5.61. The summed E-state index contributed by atoms with van der Waals surface area (Å²) < 4.78 is 21.8. The summed E-state index contributed by atoms with van der Waals surface area (Å²) in [6.07, 6.45) is 14.6. The molecule has 0 N–H and O–H groups in total. The molecule has 0 atom stereocenters. The predicted octanol–water partition coefficient (Wildman–Crippen LogP) is 22.8. The van der Waals surface area contributed by atoms with Gasteiger partial charge in [0.1, 0.15) is 39.9 Å². The number of ether oxygens (including phenoxy) is 2. The number of pyridine rings is 4. The SMILES string of the molecule is CC(C)c1cccc(C(C)C)c1-c1cnc2c3[c-]c(Oc4[c-]c5c(cc4)c4ccccc4n5-c4ccccn4)ccc3c3nccnc3n12.CC(C)c1cccc(C(C)C)c1-c1cnc2c3cc(Oc4ccc5c6ccccc6n(-c6ccccn6)c5c4)ccc3c3nccnc3n12.[Cl][Pt]([Cl])([Cl])[Cl].[K][K].[Pt+2]. The summed E-state index contributed by atoms with van der Waals surface area (Å²) >= 11 is -0.556. The van der Waals surface area contributed by atoms with Gasteiger partial charge in [0.2, 0.25) is 0 Å². The average Bonchev–Trinajstić information content (AvgIpc) is 1.10. The third-order valence-corrected chi connectivity index (χ3v) is 18.9. The Labute approximate surface area is 691 Å². The van der Waals surface area contributed by atoms with Gasteiger partial charge in [-0.3, -0.25) is 23.9 Å². The molecule has 10 heterocycles. The molecule has 0 bridgehead atoms. The standard InChI is InChI=1S/C42H34N6O.C42H32N6O.4ClH.2K.2Pt/c2*1-25(2)29-11-9-12-30(26(3)4)39(29)37-24-46-41-34-22-27(16-18-33(34)40-42(48(37)41)45-21-20-44-40)49-28-15-17-32-31-10-5-6-13-35(31)47(36(32)23-28)38-14-7-8-19-43-38;;;;;;;;/h5-26H,1-4H3;5-21,24-26H,1-4H3;4*1H;;;;/q;-2;;;;;;;+2;+4/p-4. The van der Waals surface area contributed by atoms with Gasteiger partial charge in [-0.25, -0.2) is 24.9 Å². The van der Waals surface area contributed by atoms with Crippen LogP contribution < -0.4 is 9.47 Å². The summed E-state index contributed by atoms with van der Waals surface area (Å²) in [5, 5.41) is 8.19. The molecule has 0 amide bonds. The van der Waals surface area contributed by atoms with E-state index in [1.807, 2.05) is 91.4 Å². The molecule has 0 fully saturated rings. The number of halogens is 4. The van der Waals surface area contributed by atoms with Crippen LogP contribution in [0.4, 0.5) is 0 Å². The second-order valence-electron chi connectivity index (χ2n) is 26.4. The van der Waals surface area contributed by atoms with Crippen LogP contribution in [0.3, 0.4) is 0 Å². The van der Waals surface area contributed by atoms with Crippen LogP contribution in [-0.4, -0.2) is 121 Å².